The minimum absolute atomic E-state index is 0.0471. The van der Waals surface area contributed by atoms with Crippen molar-refractivity contribution in [2.45, 2.75) is 44.3 Å². The molecule has 2 saturated carbocycles. The van der Waals surface area contributed by atoms with Crippen molar-refractivity contribution < 1.29 is 9.59 Å². The summed E-state index contributed by atoms with van der Waals surface area (Å²) >= 11 is 0. The van der Waals surface area contributed by atoms with Crippen LogP contribution >= 0.6 is 0 Å². The zero-order chi connectivity index (χ0) is 20.7. The maximum Gasteiger partial charge on any atom is 0.255 e. The highest BCUT2D eigenvalue weighted by atomic mass is 16.2. The molecule has 0 aliphatic heterocycles. The monoisotopic (exact) mass is 401 g/mol. The van der Waals surface area contributed by atoms with Gasteiger partial charge in [0.25, 0.3) is 11.8 Å². The number of benzene rings is 2. The summed E-state index contributed by atoms with van der Waals surface area (Å²) in [4.78, 5) is 42.3. The Labute approximate surface area is 173 Å². The Hall–Kier alpha value is -3.41. The average molecular weight is 401 g/mol. The van der Waals surface area contributed by atoms with Gasteiger partial charge >= 0.3 is 0 Å². The lowest BCUT2D eigenvalue weighted by Gasteiger charge is -2.23. The Morgan fingerprint density at radius 1 is 1.00 bits per heavy atom. The zero-order valence-electron chi connectivity index (χ0n) is 16.6. The number of aromatic nitrogens is 1. The molecule has 0 atom stereocenters. The van der Waals surface area contributed by atoms with E-state index in [0.29, 0.717) is 29.2 Å². The van der Waals surface area contributed by atoms with Crippen LogP contribution in [0.25, 0.3) is 10.9 Å². The number of fused-ring (bicyclic) bond motifs is 1. The highest BCUT2D eigenvalue weighted by molar-refractivity contribution is 6.06. The van der Waals surface area contributed by atoms with E-state index < -0.39 is 0 Å². The zero-order valence-corrected chi connectivity index (χ0v) is 16.6. The molecule has 2 amide bonds. The van der Waals surface area contributed by atoms with Gasteiger partial charge in [0.1, 0.15) is 0 Å². The van der Waals surface area contributed by atoms with Crippen LogP contribution in [0, 0.1) is 0 Å². The smallest absolute Gasteiger partial charge is 0.255 e. The summed E-state index contributed by atoms with van der Waals surface area (Å²) in [5.41, 5.74) is 2.42. The van der Waals surface area contributed by atoms with Gasteiger partial charge in [-0.25, -0.2) is 0 Å². The number of rotatable bonds is 6. The van der Waals surface area contributed by atoms with Gasteiger partial charge in [0.2, 0.25) is 5.56 Å². The maximum atomic E-state index is 13.4. The van der Waals surface area contributed by atoms with Gasteiger partial charge in [0, 0.05) is 41.2 Å². The molecule has 1 heterocycles. The summed E-state index contributed by atoms with van der Waals surface area (Å²) in [6, 6.07) is 16.7. The molecule has 152 valence electrons. The average Bonchev–Trinajstić information content (AvgIpc) is 3.66. The summed E-state index contributed by atoms with van der Waals surface area (Å²) in [7, 11) is 0. The lowest BCUT2D eigenvalue weighted by molar-refractivity contribution is 0.0731. The van der Waals surface area contributed by atoms with Crippen LogP contribution in [0.1, 0.15) is 52.0 Å². The number of H-pyrrole nitrogens is 1. The lowest BCUT2D eigenvalue weighted by Crippen LogP contribution is -2.33. The third-order valence-electron chi connectivity index (χ3n) is 5.71. The van der Waals surface area contributed by atoms with E-state index in [1.165, 1.54) is 6.07 Å². The van der Waals surface area contributed by atoms with Gasteiger partial charge in [0.05, 0.1) is 5.56 Å². The lowest BCUT2D eigenvalue weighted by atomic mass is 10.1. The molecule has 0 bridgehead atoms. The first-order valence-corrected chi connectivity index (χ1v) is 10.4. The Morgan fingerprint density at radius 2 is 1.73 bits per heavy atom. The summed E-state index contributed by atoms with van der Waals surface area (Å²) < 4.78 is 0. The summed E-state index contributed by atoms with van der Waals surface area (Å²) in [5, 5.41) is 3.73. The molecule has 2 fully saturated rings. The minimum atomic E-state index is -0.279. The maximum absolute atomic E-state index is 13.4. The molecule has 0 saturated heterocycles. The number of nitrogens with zero attached hydrogens (tertiary/aromatic N) is 1. The van der Waals surface area contributed by atoms with E-state index in [-0.39, 0.29) is 23.4 Å². The van der Waals surface area contributed by atoms with E-state index in [4.69, 9.17) is 0 Å². The van der Waals surface area contributed by atoms with Gasteiger partial charge in [-0.2, -0.15) is 0 Å². The van der Waals surface area contributed by atoms with Crippen LogP contribution in [0.15, 0.2) is 59.4 Å². The van der Waals surface area contributed by atoms with Gasteiger partial charge in [-0.05, 0) is 49.4 Å². The van der Waals surface area contributed by atoms with E-state index in [2.05, 4.69) is 10.3 Å². The molecule has 2 aromatic carbocycles. The molecule has 0 spiro atoms. The number of para-hydroxylation sites is 1. The van der Waals surface area contributed by atoms with Crippen LogP contribution in [-0.2, 0) is 6.54 Å². The molecule has 2 N–H and O–H groups in total. The highest BCUT2D eigenvalue weighted by Gasteiger charge is 2.34. The van der Waals surface area contributed by atoms with Crippen molar-refractivity contribution in [1.29, 1.82) is 0 Å². The van der Waals surface area contributed by atoms with Crippen molar-refractivity contribution in [2.24, 2.45) is 0 Å². The van der Waals surface area contributed by atoms with Crippen LogP contribution in [0.3, 0.4) is 0 Å². The van der Waals surface area contributed by atoms with Crippen LogP contribution in [0.2, 0.25) is 0 Å². The van der Waals surface area contributed by atoms with Crippen molar-refractivity contribution >= 4 is 22.7 Å². The fourth-order valence-corrected chi connectivity index (χ4v) is 3.74. The van der Waals surface area contributed by atoms with E-state index in [0.717, 1.165) is 36.6 Å². The first-order valence-electron chi connectivity index (χ1n) is 10.4. The molecule has 6 heteroatoms. The second-order valence-corrected chi connectivity index (χ2v) is 8.20. The molecule has 1 aromatic heterocycles. The van der Waals surface area contributed by atoms with Crippen molar-refractivity contribution in [3.63, 3.8) is 0 Å². The van der Waals surface area contributed by atoms with Crippen molar-refractivity contribution in [1.82, 2.24) is 15.2 Å². The van der Waals surface area contributed by atoms with Gasteiger partial charge in [-0.15, -0.1) is 0 Å². The summed E-state index contributed by atoms with van der Waals surface area (Å²) in [6.07, 6.45) is 4.04. The normalized spacial score (nSPS) is 15.7. The Bertz CT molecular complexity index is 1170. The van der Waals surface area contributed by atoms with Crippen molar-refractivity contribution in [3.8, 4) is 0 Å². The van der Waals surface area contributed by atoms with Crippen molar-refractivity contribution in [3.05, 3.63) is 81.6 Å². The SMILES string of the molecule is O=C(NC1CC1)c1ccc(CN(C(=O)c2cc(=O)[nH]c3ccccc23)C2CC2)cc1. The minimum Gasteiger partial charge on any atom is -0.349 e. The number of hydrogen-bond acceptors (Lipinski definition) is 3. The number of pyridine rings is 1. The second-order valence-electron chi connectivity index (χ2n) is 8.20. The third kappa shape index (κ3) is 3.85. The fourth-order valence-electron chi connectivity index (χ4n) is 3.74. The molecule has 30 heavy (non-hydrogen) atoms. The van der Waals surface area contributed by atoms with E-state index in [1.54, 1.807) is 6.07 Å². The number of amides is 2. The van der Waals surface area contributed by atoms with E-state index in [9.17, 15) is 14.4 Å². The first-order chi connectivity index (χ1) is 14.6. The van der Waals surface area contributed by atoms with Gasteiger partial charge in [0.15, 0.2) is 0 Å². The number of carbonyl (C=O) groups is 2. The molecule has 0 radical (unpaired) electrons. The Kier molecular flexibility index (Phi) is 4.62. The third-order valence-corrected chi connectivity index (χ3v) is 5.71. The highest BCUT2D eigenvalue weighted by Crippen LogP contribution is 2.31. The molecule has 6 nitrogen and oxygen atoms in total. The topological polar surface area (TPSA) is 82.3 Å². The molecular formula is C24H23N3O3. The largest absolute Gasteiger partial charge is 0.349 e. The molecule has 5 rings (SSSR count). The first kappa shape index (κ1) is 18.6. The number of carbonyl (C=O) groups excluding carboxylic acids is 2. The molecule has 0 unspecified atom stereocenters. The molecule has 2 aliphatic rings. The van der Waals surface area contributed by atoms with Crippen molar-refractivity contribution in [2.75, 3.05) is 0 Å². The molecular weight excluding hydrogens is 378 g/mol. The van der Waals surface area contributed by atoms with E-state index in [1.807, 2.05) is 47.4 Å². The number of hydrogen-bond donors (Lipinski definition) is 2. The standard InChI is InChI=1S/C24H23N3O3/c28-22-13-20(19-3-1-2-4-21(19)26-22)24(30)27(18-11-12-18)14-15-5-7-16(8-6-15)23(29)25-17-9-10-17/h1-8,13,17-18H,9-12,14H2,(H,25,29)(H,26,28). The Balaban J connectivity index is 1.39. The quantitative estimate of drug-likeness (QED) is 0.665. The summed E-state index contributed by atoms with van der Waals surface area (Å²) in [5.74, 6) is -0.176. The summed E-state index contributed by atoms with van der Waals surface area (Å²) in [6.45, 7) is 0.454. The number of nitrogens with one attached hydrogen (secondary N) is 2. The van der Waals surface area contributed by atoms with Crippen LogP contribution in [0.4, 0.5) is 0 Å². The van der Waals surface area contributed by atoms with Gasteiger partial charge in [-0.1, -0.05) is 30.3 Å². The van der Waals surface area contributed by atoms with Gasteiger partial charge < -0.3 is 15.2 Å². The predicted octanol–water partition coefficient (Wildman–Crippen LogP) is 3.23. The van der Waals surface area contributed by atoms with Crippen LogP contribution in [0.5, 0.6) is 0 Å². The van der Waals surface area contributed by atoms with Crippen LogP contribution in [-0.4, -0.2) is 33.8 Å². The molecule has 2 aliphatic carbocycles. The van der Waals surface area contributed by atoms with Gasteiger partial charge in [-0.3, -0.25) is 14.4 Å². The second kappa shape index (κ2) is 7.44. The Morgan fingerprint density at radius 3 is 2.43 bits per heavy atom. The number of aromatic amines is 1. The predicted molar refractivity (Wildman–Crippen MR) is 114 cm³/mol. The van der Waals surface area contributed by atoms with Crippen LogP contribution < -0.4 is 10.9 Å². The fraction of sp³-hybridized carbons (Fsp3) is 0.292. The molecule has 3 aromatic rings. The van der Waals surface area contributed by atoms with E-state index >= 15 is 0 Å².